The Balaban J connectivity index is 1.99. The van der Waals surface area contributed by atoms with Crippen LogP contribution in [0, 0.1) is 3.57 Å². The third kappa shape index (κ3) is 4.20. The fraction of sp³-hybridized carbons (Fsp3) is 0.125. The van der Waals surface area contributed by atoms with Crippen LogP contribution in [0.3, 0.4) is 0 Å². The summed E-state index contributed by atoms with van der Waals surface area (Å²) in [4.78, 5) is 22.7. The largest absolute Gasteiger partial charge is 0.493 e. The molecule has 6 heteroatoms. The molecule has 0 aromatic heterocycles. The molecule has 114 valence electrons. The number of anilines is 1. The lowest BCUT2D eigenvalue weighted by molar-refractivity contribution is -0.118. The number of carbonyl (C=O) groups excluding carboxylic acids is 2. The van der Waals surface area contributed by atoms with Gasteiger partial charge >= 0.3 is 0 Å². The molecule has 0 bridgehead atoms. The average molecular weight is 411 g/mol. The monoisotopic (exact) mass is 411 g/mol. The van der Waals surface area contributed by atoms with E-state index in [2.05, 4.69) is 27.9 Å². The van der Waals surface area contributed by atoms with Gasteiger partial charge in [-0.3, -0.25) is 9.59 Å². The maximum absolute atomic E-state index is 11.9. The highest BCUT2D eigenvalue weighted by Crippen LogP contribution is 2.27. The molecule has 0 aliphatic heterocycles. The van der Waals surface area contributed by atoms with E-state index in [0.717, 1.165) is 15.5 Å². The topological polar surface area (TPSA) is 64.6 Å². The molecule has 0 radical (unpaired) electrons. The van der Waals surface area contributed by atoms with Crippen LogP contribution in [0.2, 0.25) is 0 Å². The van der Waals surface area contributed by atoms with Gasteiger partial charge in [-0.05, 0) is 52.9 Å². The highest BCUT2D eigenvalue weighted by molar-refractivity contribution is 14.1. The lowest BCUT2D eigenvalue weighted by Crippen LogP contribution is -2.20. The van der Waals surface area contributed by atoms with E-state index in [1.165, 1.54) is 7.11 Å². The number of aldehydes is 1. The van der Waals surface area contributed by atoms with Gasteiger partial charge in [-0.2, -0.15) is 0 Å². The van der Waals surface area contributed by atoms with Gasteiger partial charge in [0.2, 0.25) is 0 Å². The van der Waals surface area contributed by atoms with Gasteiger partial charge in [0.25, 0.3) is 5.91 Å². The van der Waals surface area contributed by atoms with E-state index < -0.39 is 0 Å². The first-order valence-corrected chi connectivity index (χ1v) is 7.52. The number of nitrogens with one attached hydrogen (secondary N) is 1. The van der Waals surface area contributed by atoms with Crippen molar-refractivity contribution in [2.24, 2.45) is 0 Å². The lowest BCUT2D eigenvalue weighted by atomic mass is 10.2. The Morgan fingerprint density at radius 2 is 2.00 bits per heavy atom. The molecule has 0 saturated carbocycles. The molecule has 0 heterocycles. The van der Waals surface area contributed by atoms with Gasteiger partial charge in [0.1, 0.15) is 6.29 Å². The first-order valence-electron chi connectivity index (χ1n) is 6.44. The summed E-state index contributed by atoms with van der Waals surface area (Å²) in [6, 6.07) is 12.2. The summed E-state index contributed by atoms with van der Waals surface area (Å²) < 4.78 is 11.5. The van der Waals surface area contributed by atoms with Crippen molar-refractivity contribution in [1.82, 2.24) is 0 Å². The number of ether oxygens (including phenoxy) is 2. The number of methoxy groups -OCH3 is 1. The van der Waals surface area contributed by atoms with Gasteiger partial charge in [-0.1, -0.05) is 12.1 Å². The van der Waals surface area contributed by atoms with Crippen LogP contribution in [0.25, 0.3) is 0 Å². The second kappa shape index (κ2) is 7.79. The standard InChI is InChI=1S/C16H14INO4/c1-21-15-8-11(9-19)6-7-14(15)22-10-16(20)18-13-5-3-2-4-12(13)17/h2-9H,10H2,1H3,(H,18,20). The minimum atomic E-state index is -0.273. The number of benzene rings is 2. The summed E-state index contributed by atoms with van der Waals surface area (Å²) in [6.07, 6.45) is 0.719. The van der Waals surface area contributed by atoms with Crippen molar-refractivity contribution < 1.29 is 19.1 Å². The molecule has 1 amide bonds. The summed E-state index contributed by atoms with van der Waals surface area (Å²) in [5.74, 6) is 0.545. The van der Waals surface area contributed by atoms with Crippen LogP contribution in [0.15, 0.2) is 42.5 Å². The highest BCUT2D eigenvalue weighted by atomic mass is 127. The van der Waals surface area contributed by atoms with Crippen molar-refractivity contribution in [1.29, 1.82) is 0 Å². The zero-order valence-corrected chi connectivity index (χ0v) is 14.0. The minimum absolute atomic E-state index is 0.151. The van der Waals surface area contributed by atoms with Gasteiger partial charge in [0, 0.05) is 9.13 Å². The lowest BCUT2D eigenvalue weighted by Gasteiger charge is -2.11. The summed E-state index contributed by atoms with van der Waals surface area (Å²) in [7, 11) is 1.48. The van der Waals surface area contributed by atoms with Gasteiger partial charge in [0.05, 0.1) is 12.8 Å². The van der Waals surface area contributed by atoms with E-state index in [4.69, 9.17) is 9.47 Å². The zero-order valence-electron chi connectivity index (χ0n) is 11.8. The SMILES string of the molecule is COc1cc(C=O)ccc1OCC(=O)Nc1ccccc1I. The Kier molecular flexibility index (Phi) is 5.76. The third-order valence-electron chi connectivity index (χ3n) is 2.83. The molecule has 0 aliphatic carbocycles. The molecule has 0 spiro atoms. The van der Waals surface area contributed by atoms with E-state index >= 15 is 0 Å². The Morgan fingerprint density at radius 3 is 2.68 bits per heavy atom. The first-order chi connectivity index (χ1) is 10.6. The predicted molar refractivity (Wildman–Crippen MR) is 91.7 cm³/mol. The number of rotatable bonds is 6. The molecule has 0 aliphatic rings. The number of carbonyl (C=O) groups is 2. The molecule has 0 atom stereocenters. The zero-order chi connectivity index (χ0) is 15.9. The van der Waals surface area contributed by atoms with Gasteiger partial charge in [-0.15, -0.1) is 0 Å². The molecule has 0 unspecified atom stereocenters. The van der Waals surface area contributed by atoms with Crippen molar-refractivity contribution >= 4 is 40.5 Å². The molecule has 0 fully saturated rings. The summed E-state index contributed by atoms with van der Waals surface area (Å²) >= 11 is 2.14. The van der Waals surface area contributed by atoms with E-state index in [9.17, 15) is 9.59 Å². The van der Waals surface area contributed by atoms with Crippen molar-refractivity contribution in [3.05, 3.63) is 51.6 Å². The molecule has 22 heavy (non-hydrogen) atoms. The van der Waals surface area contributed by atoms with Crippen LogP contribution in [-0.4, -0.2) is 25.9 Å². The summed E-state index contributed by atoms with van der Waals surface area (Å²) in [6.45, 7) is -0.151. The average Bonchev–Trinajstić information content (AvgIpc) is 2.55. The Morgan fingerprint density at radius 1 is 1.23 bits per heavy atom. The van der Waals surface area contributed by atoms with Crippen molar-refractivity contribution in [2.75, 3.05) is 19.0 Å². The Bertz CT molecular complexity index is 688. The normalized spacial score (nSPS) is 9.91. The number of halogens is 1. The van der Waals surface area contributed by atoms with Crippen molar-refractivity contribution in [2.45, 2.75) is 0 Å². The molecule has 2 aromatic carbocycles. The van der Waals surface area contributed by atoms with Crippen LogP contribution in [0.5, 0.6) is 11.5 Å². The van der Waals surface area contributed by atoms with E-state index in [1.807, 2.05) is 24.3 Å². The molecule has 1 N–H and O–H groups in total. The highest BCUT2D eigenvalue weighted by Gasteiger charge is 2.09. The summed E-state index contributed by atoms with van der Waals surface area (Å²) in [5, 5.41) is 2.77. The van der Waals surface area contributed by atoms with Crippen LogP contribution < -0.4 is 14.8 Å². The van der Waals surface area contributed by atoms with Crippen LogP contribution >= 0.6 is 22.6 Å². The third-order valence-corrected chi connectivity index (χ3v) is 3.77. The fourth-order valence-corrected chi connectivity index (χ4v) is 2.29. The van der Waals surface area contributed by atoms with E-state index in [1.54, 1.807) is 18.2 Å². The molecule has 5 nitrogen and oxygen atoms in total. The number of hydrogen-bond acceptors (Lipinski definition) is 4. The van der Waals surface area contributed by atoms with Gasteiger partial charge < -0.3 is 14.8 Å². The van der Waals surface area contributed by atoms with Gasteiger partial charge in [-0.25, -0.2) is 0 Å². The Labute approximate surface area is 141 Å². The quantitative estimate of drug-likeness (QED) is 0.586. The van der Waals surface area contributed by atoms with Crippen LogP contribution in [0.1, 0.15) is 10.4 Å². The van der Waals surface area contributed by atoms with Crippen molar-refractivity contribution in [3.63, 3.8) is 0 Å². The van der Waals surface area contributed by atoms with Gasteiger partial charge in [0.15, 0.2) is 18.1 Å². The van der Waals surface area contributed by atoms with E-state index in [-0.39, 0.29) is 12.5 Å². The maximum atomic E-state index is 11.9. The number of hydrogen-bond donors (Lipinski definition) is 1. The summed E-state index contributed by atoms with van der Waals surface area (Å²) in [5.41, 5.74) is 1.22. The second-order valence-corrected chi connectivity index (χ2v) is 5.51. The molecule has 2 rings (SSSR count). The van der Waals surface area contributed by atoms with Crippen LogP contribution in [-0.2, 0) is 4.79 Å². The second-order valence-electron chi connectivity index (χ2n) is 4.34. The van der Waals surface area contributed by atoms with Crippen molar-refractivity contribution in [3.8, 4) is 11.5 Å². The molecule has 2 aromatic rings. The first kappa shape index (κ1) is 16.3. The molecular formula is C16H14INO4. The predicted octanol–water partition coefficient (Wildman–Crippen LogP) is 3.13. The number of para-hydroxylation sites is 1. The molecular weight excluding hydrogens is 397 g/mol. The maximum Gasteiger partial charge on any atom is 0.262 e. The smallest absolute Gasteiger partial charge is 0.262 e. The fourth-order valence-electron chi connectivity index (χ4n) is 1.77. The van der Waals surface area contributed by atoms with Crippen LogP contribution in [0.4, 0.5) is 5.69 Å². The Hall–Kier alpha value is -2.09. The molecule has 0 saturated heterocycles. The van der Waals surface area contributed by atoms with E-state index in [0.29, 0.717) is 17.1 Å². The minimum Gasteiger partial charge on any atom is -0.493 e. The number of amides is 1.